The molecule has 1 N–H and O–H groups in total. The molecule has 1 heterocycles. The van der Waals surface area contributed by atoms with E-state index in [0.29, 0.717) is 12.8 Å². The molecule has 1 unspecified atom stereocenters. The summed E-state index contributed by atoms with van der Waals surface area (Å²) in [6, 6.07) is 17.2. The third kappa shape index (κ3) is 6.13. The largest absolute Gasteiger partial charge is 0.344 e. The Morgan fingerprint density at radius 1 is 1.13 bits per heavy atom. The van der Waals surface area contributed by atoms with Crippen molar-refractivity contribution in [2.75, 3.05) is 25.5 Å². The summed E-state index contributed by atoms with van der Waals surface area (Å²) >= 11 is 1.65. The van der Waals surface area contributed by atoms with Crippen LogP contribution in [0.25, 0.3) is 5.57 Å². The molecular formula is C33H35F3N2S. The van der Waals surface area contributed by atoms with Crippen LogP contribution in [-0.4, -0.2) is 20.6 Å². The molecule has 39 heavy (non-hydrogen) atoms. The summed E-state index contributed by atoms with van der Waals surface area (Å²) in [6.07, 6.45) is 6.14. The van der Waals surface area contributed by atoms with Crippen molar-refractivity contribution in [3.8, 4) is 0 Å². The standard InChI is InChI=1S/C33H35F3N2S/c1-6-25-22-33(23(2)31-8-7-19-39-31,21-24-9-11-26(12-10-24)32(3,35)36)27(17-18-37-4)20-30(25)38(5)29-15-13-28(34)14-16-29/h6-16,19-20,37H,1-2,17-18,21-22H2,3-5H3. The summed E-state index contributed by atoms with van der Waals surface area (Å²) < 4.78 is 41.5. The fraction of sp³-hybridized carbons (Fsp3) is 0.273. The maximum Gasteiger partial charge on any atom is 0.270 e. The minimum absolute atomic E-state index is 0.00172. The predicted octanol–water partition coefficient (Wildman–Crippen LogP) is 8.76. The zero-order valence-corrected chi connectivity index (χ0v) is 23.6. The lowest BCUT2D eigenvalue weighted by Crippen LogP contribution is -2.34. The van der Waals surface area contributed by atoms with Gasteiger partial charge in [0.25, 0.3) is 5.92 Å². The van der Waals surface area contributed by atoms with Crippen molar-refractivity contribution in [2.45, 2.75) is 32.1 Å². The first-order valence-corrected chi connectivity index (χ1v) is 13.9. The molecule has 0 fully saturated rings. The minimum Gasteiger partial charge on any atom is -0.344 e. The van der Waals surface area contributed by atoms with Crippen LogP contribution in [0, 0.1) is 11.2 Å². The average molecular weight is 549 g/mol. The van der Waals surface area contributed by atoms with Crippen molar-refractivity contribution in [2.24, 2.45) is 5.41 Å². The number of allylic oxidation sites excluding steroid dienone is 4. The Hall–Kier alpha value is -3.35. The molecule has 0 bridgehead atoms. The van der Waals surface area contributed by atoms with Crippen LogP contribution < -0.4 is 10.2 Å². The van der Waals surface area contributed by atoms with Crippen LogP contribution in [0.3, 0.4) is 0 Å². The van der Waals surface area contributed by atoms with Crippen molar-refractivity contribution < 1.29 is 13.2 Å². The third-order valence-electron chi connectivity index (χ3n) is 7.58. The summed E-state index contributed by atoms with van der Waals surface area (Å²) in [5, 5.41) is 5.32. The predicted molar refractivity (Wildman–Crippen MR) is 159 cm³/mol. The van der Waals surface area contributed by atoms with Crippen molar-refractivity contribution in [1.82, 2.24) is 5.32 Å². The van der Waals surface area contributed by atoms with Crippen LogP contribution >= 0.6 is 11.3 Å². The SMILES string of the molecule is C=CC1=C(N(C)c2ccc(F)cc2)C=C(CCNC)C(Cc2ccc(C(C)(F)F)cc2)(C(=C)c2cccs2)C1. The molecule has 0 saturated carbocycles. The highest BCUT2D eigenvalue weighted by atomic mass is 32.1. The fourth-order valence-corrected chi connectivity index (χ4v) is 6.12. The van der Waals surface area contributed by atoms with E-state index in [1.165, 1.54) is 29.8 Å². The molecule has 2 nitrogen and oxygen atoms in total. The number of alkyl halides is 2. The van der Waals surface area contributed by atoms with Crippen molar-refractivity contribution in [1.29, 1.82) is 0 Å². The van der Waals surface area contributed by atoms with E-state index in [1.54, 1.807) is 23.5 Å². The summed E-state index contributed by atoms with van der Waals surface area (Å²) in [4.78, 5) is 3.16. The summed E-state index contributed by atoms with van der Waals surface area (Å²) in [5.41, 5.74) is 5.62. The molecule has 0 aliphatic heterocycles. The van der Waals surface area contributed by atoms with E-state index < -0.39 is 11.3 Å². The van der Waals surface area contributed by atoms with E-state index in [9.17, 15) is 13.2 Å². The van der Waals surface area contributed by atoms with E-state index in [2.05, 4.69) is 35.5 Å². The highest BCUT2D eigenvalue weighted by molar-refractivity contribution is 7.11. The van der Waals surface area contributed by atoms with Gasteiger partial charge < -0.3 is 10.2 Å². The molecule has 4 rings (SSSR count). The number of anilines is 1. The van der Waals surface area contributed by atoms with Crippen LogP contribution in [0.4, 0.5) is 18.9 Å². The van der Waals surface area contributed by atoms with Gasteiger partial charge in [0.2, 0.25) is 0 Å². The highest BCUT2D eigenvalue weighted by Gasteiger charge is 2.42. The molecule has 1 aliphatic carbocycles. The first-order chi connectivity index (χ1) is 18.6. The Kier molecular flexibility index (Phi) is 8.67. The van der Waals surface area contributed by atoms with Gasteiger partial charge in [-0.25, -0.2) is 13.2 Å². The van der Waals surface area contributed by atoms with Gasteiger partial charge in [-0.05, 0) is 91.4 Å². The number of halogens is 3. The van der Waals surface area contributed by atoms with E-state index >= 15 is 0 Å². The molecule has 2 aromatic carbocycles. The van der Waals surface area contributed by atoms with Gasteiger partial charge in [-0.15, -0.1) is 11.3 Å². The molecule has 3 aromatic rings. The molecule has 0 saturated heterocycles. The molecular weight excluding hydrogens is 513 g/mol. The maximum absolute atomic E-state index is 13.9. The molecule has 1 aromatic heterocycles. The van der Waals surface area contributed by atoms with Crippen molar-refractivity contribution in [3.63, 3.8) is 0 Å². The van der Waals surface area contributed by atoms with Crippen LogP contribution in [0.2, 0.25) is 0 Å². The third-order valence-corrected chi connectivity index (χ3v) is 8.51. The van der Waals surface area contributed by atoms with E-state index in [-0.39, 0.29) is 11.4 Å². The number of hydrogen-bond donors (Lipinski definition) is 1. The van der Waals surface area contributed by atoms with Gasteiger partial charge in [0.15, 0.2) is 0 Å². The number of nitrogens with zero attached hydrogens (tertiary/aromatic N) is 1. The van der Waals surface area contributed by atoms with Crippen LogP contribution in [0.1, 0.15) is 35.8 Å². The lowest BCUT2D eigenvalue weighted by molar-refractivity contribution is 0.0174. The molecule has 1 aliphatic rings. The van der Waals surface area contributed by atoms with Crippen molar-refractivity contribution >= 4 is 22.6 Å². The second-order valence-electron chi connectivity index (χ2n) is 10.1. The Labute approximate surface area is 233 Å². The lowest BCUT2D eigenvalue weighted by atomic mass is 9.62. The van der Waals surface area contributed by atoms with Crippen LogP contribution in [0.15, 0.2) is 108 Å². The summed E-state index contributed by atoms with van der Waals surface area (Å²) in [7, 11) is 3.91. The molecule has 204 valence electrons. The first-order valence-electron chi connectivity index (χ1n) is 13.0. The Morgan fingerprint density at radius 2 is 1.82 bits per heavy atom. The van der Waals surface area contributed by atoms with Gasteiger partial charge in [-0.1, -0.05) is 55.1 Å². The highest BCUT2D eigenvalue weighted by Crippen LogP contribution is 2.53. The smallest absolute Gasteiger partial charge is 0.270 e. The number of nitrogens with one attached hydrogen (secondary N) is 1. The van der Waals surface area contributed by atoms with Crippen LogP contribution in [0.5, 0.6) is 0 Å². The Morgan fingerprint density at radius 3 is 2.38 bits per heavy atom. The number of thiophene rings is 1. The molecule has 0 spiro atoms. The first kappa shape index (κ1) is 28.7. The van der Waals surface area contributed by atoms with E-state index in [1.807, 2.05) is 43.8 Å². The lowest BCUT2D eigenvalue weighted by Gasteiger charge is -2.43. The van der Waals surface area contributed by atoms with Gasteiger partial charge >= 0.3 is 0 Å². The zero-order chi connectivity index (χ0) is 28.2. The van der Waals surface area contributed by atoms with E-state index in [0.717, 1.165) is 52.9 Å². The van der Waals surface area contributed by atoms with E-state index in [4.69, 9.17) is 0 Å². The van der Waals surface area contributed by atoms with Gasteiger partial charge in [-0.3, -0.25) is 0 Å². The Balaban J connectivity index is 1.84. The number of benzene rings is 2. The molecule has 1 atom stereocenters. The molecule has 6 heteroatoms. The summed E-state index contributed by atoms with van der Waals surface area (Å²) in [5.74, 6) is -3.17. The molecule has 0 radical (unpaired) electrons. The average Bonchev–Trinajstić information content (AvgIpc) is 3.46. The van der Waals surface area contributed by atoms with Gasteiger partial charge in [-0.2, -0.15) is 0 Å². The second kappa shape index (κ2) is 11.8. The van der Waals surface area contributed by atoms with Gasteiger partial charge in [0.05, 0.1) is 0 Å². The normalized spacial score (nSPS) is 17.6. The monoisotopic (exact) mass is 548 g/mol. The molecule has 0 amide bonds. The fourth-order valence-electron chi connectivity index (χ4n) is 5.32. The number of rotatable bonds is 11. The minimum atomic E-state index is -2.89. The summed E-state index contributed by atoms with van der Waals surface area (Å²) in [6.45, 7) is 10.5. The van der Waals surface area contributed by atoms with Gasteiger partial charge in [0.1, 0.15) is 5.82 Å². The van der Waals surface area contributed by atoms with Gasteiger partial charge in [0, 0.05) is 41.2 Å². The number of hydrogen-bond acceptors (Lipinski definition) is 3. The topological polar surface area (TPSA) is 15.3 Å². The number of likely N-dealkylation sites (N-methyl/N-ethyl adjacent to an activating group) is 1. The maximum atomic E-state index is 13.9. The second-order valence-corrected chi connectivity index (χ2v) is 11.1. The Bertz CT molecular complexity index is 1360. The quantitative estimate of drug-likeness (QED) is 0.258. The zero-order valence-electron chi connectivity index (χ0n) is 22.7. The van der Waals surface area contributed by atoms with Crippen LogP contribution in [-0.2, 0) is 12.3 Å². The van der Waals surface area contributed by atoms with Crippen molar-refractivity contribution in [3.05, 3.63) is 130 Å².